The summed E-state index contributed by atoms with van der Waals surface area (Å²) in [6.45, 7) is 0.515. The fraction of sp³-hybridized carbons (Fsp3) is 0.263. The summed E-state index contributed by atoms with van der Waals surface area (Å²) in [5, 5.41) is 2.90. The number of nitrogens with two attached hydrogens (primary N) is 1. The number of hydrogen-bond acceptors (Lipinski definition) is 3. The number of carbonyl (C=O) groups excluding carboxylic acids is 2. The van der Waals surface area contributed by atoms with Crippen LogP contribution in [0.3, 0.4) is 0 Å². The number of ketones is 1. The summed E-state index contributed by atoms with van der Waals surface area (Å²) in [6.07, 6.45) is 1.81. The molecule has 0 aliphatic heterocycles. The average molecular weight is 310 g/mol. The molecule has 2 aromatic carbocycles. The van der Waals surface area contributed by atoms with E-state index in [0.29, 0.717) is 37.9 Å². The zero-order valence-electron chi connectivity index (χ0n) is 13.1. The lowest BCUT2D eigenvalue weighted by molar-refractivity contribution is -0.118. The Morgan fingerprint density at radius 2 is 1.61 bits per heavy atom. The maximum Gasteiger partial charge on any atom is 0.228 e. The lowest BCUT2D eigenvalue weighted by atomic mass is 10.0. The van der Waals surface area contributed by atoms with Crippen molar-refractivity contribution in [2.75, 3.05) is 11.9 Å². The van der Waals surface area contributed by atoms with Crippen LogP contribution in [0.15, 0.2) is 54.6 Å². The van der Waals surface area contributed by atoms with E-state index in [2.05, 4.69) is 5.32 Å². The predicted molar refractivity (Wildman–Crippen MR) is 92.2 cm³/mol. The predicted octanol–water partition coefficient (Wildman–Crippen LogP) is 2.72. The van der Waals surface area contributed by atoms with Gasteiger partial charge in [-0.25, -0.2) is 0 Å². The highest BCUT2D eigenvalue weighted by atomic mass is 16.1. The molecule has 2 rings (SSSR count). The van der Waals surface area contributed by atoms with Gasteiger partial charge in [0, 0.05) is 18.5 Å². The van der Waals surface area contributed by atoms with Crippen LogP contribution >= 0.6 is 0 Å². The molecule has 1 amide bonds. The van der Waals surface area contributed by atoms with E-state index < -0.39 is 0 Å². The number of carbonyl (C=O) groups is 2. The number of amides is 1. The van der Waals surface area contributed by atoms with Crippen molar-refractivity contribution in [2.24, 2.45) is 5.73 Å². The van der Waals surface area contributed by atoms with Gasteiger partial charge in [-0.05, 0) is 30.2 Å². The number of anilines is 1. The minimum atomic E-state index is -0.0851. The SMILES string of the molecule is NCCCC(=O)Cc1ccccc1NC(=O)Cc1ccccc1. The van der Waals surface area contributed by atoms with Gasteiger partial charge in [-0.2, -0.15) is 0 Å². The first-order valence-electron chi connectivity index (χ1n) is 7.82. The van der Waals surface area contributed by atoms with Gasteiger partial charge in [-0.3, -0.25) is 9.59 Å². The molecule has 0 aromatic heterocycles. The van der Waals surface area contributed by atoms with Crippen LogP contribution in [0.1, 0.15) is 24.0 Å². The summed E-state index contributed by atoms with van der Waals surface area (Å²) >= 11 is 0. The van der Waals surface area contributed by atoms with Crippen molar-refractivity contribution in [1.82, 2.24) is 0 Å². The zero-order chi connectivity index (χ0) is 16.5. The van der Waals surface area contributed by atoms with Crippen LogP contribution in [-0.2, 0) is 22.4 Å². The highest BCUT2D eigenvalue weighted by Crippen LogP contribution is 2.17. The molecule has 0 aliphatic rings. The minimum absolute atomic E-state index is 0.0851. The topological polar surface area (TPSA) is 72.2 Å². The molecule has 0 bridgehead atoms. The molecule has 0 unspecified atom stereocenters. The number of rotatable bonds is 8. The molecule has 3 N–H and O–H groups in total. The highest BCUT2D eigenvalue weighted by Gasteiger charge is 2.10. The molecule has 0 saturated heterocycles. The third-order valence-corrected chi connectivity index (χ3v) is 3.55. The van der Waals surface area contributed by atoms with Gasteiger partial charge < -0.3 is 11.1 Å². The molecule has 0 spiro atoms. The van der Waals surface area contributed by atoms with Crippen LogP contribution < -0.4 is 11.1 Å². The maximum atomic E-state index is 12.2. The highest BCUT2D eigenvalue weighted by molar-refractivity contribution is 5.94. The fourth-order valence-electron chi connectivity index (χ4n) is 2.37. The van der Waals surface area contributed by atoms with Crippen molar-refractivity contribution < 1.29 is 9.59 Å². The van der Waals surface area contributed by atoms with Gasteiger partial charge in [0.15, 0.2) is 0 Å². The van der Waals surface area contributed by atoms with Crippen molar-refractivity contribution in [3.63, 3.8) is 0 Å². The van der Waals surface area contributed by atoms with E-state index in [1.807, 2.05) is 54.6 Å². The fourth-order valence-corrected chi connectivity index (χ4v) is 2.37. The third-order valence-electron chi connectivity index (χ3n) is 3.55. The quantitative estimate of drug-likeness (QED) is 0.787. The van der Waals surface area contributed by atoms with Crippen LogP contribution in [-0.4, -0.2) is 18.2 Å². The maximum absolute atomic E-state index is 12.2. The Morgan fingerprint density at radius 1 is 0.913 bits per heavy atom. The molecule has 4 nitrogen and oxygen atoms in total. The summed E-state index contributed by atoms with van der Waals surface area (Å²) in [6, 6.07) is 17.0. The van der Waals surface area contributed by atoms with Crippen LogP contribution in [0, 0.1) is 0 Å². The Balaban J connectivity index is 1.99. The molecule has 0 fully saturated rings. The van der Waals surface area contributed by atoms with Crippen molar-refractivity contribution in [3.8, 4) is 0 Å². The van der Waals surface area contributed by atoms with E-state index >= 15 is 0 Å². The standard InChI is InChI=1S/C19H22N2O2/c20-12-6-10-17(22)14-16-9-4-5-11-18(16)21-19(23)13-15-7-2-1-3-8-15/h1-5,7-9,11H,6,10,12-14,20H2,(H,21,23). The summed E-state index contributed by atoms with van der Waals surface area (Å²) in [7, 11) is 0. The largest absolute Gasteiger partial charge is 0.330 e. The van der Waals surface area contributed by atoms with Gasteiger partial charge in [0.2, 0.25) is 5.91 Å². The Hall–Kier alpha value is -2.46. The van der Waals surface area contributed by atoms with Gasteiger partial charge in [-0.15, -0.1) is 0 Å². The lowest BCUT2D eigenvalue weighted by Crippen LogP contribution is -2.16. The number of para-hydroxylation sites is 1. The van der Waals surface area contributed by atoms with E-state index in [1.165, 1.54) is 0 Å². The second-order valence-electron chi connectivity index (χ2n) is 5.48. The number of hydrogen-bond donors (Lipinski definition) is 2. The zero-order valence-corrected chi connectivity index (χ0v) is 13.1. The molecule has 0 saturated carbocycles. The van der Waals surface area contributed by atoms with Crippen molar-refractivity contribution >= 4 is 17.4 Å². The summed E-state index contributed by atoms with van der Waals surface area (Å²) in [4.78, 5) is 24.1. The van der Waals surface area contributed by atoms with Gasteiger partial charge in [0.25, 0.3) is 0 Å². The first-order chi connectivity index (χ1) is 11.2. The van der Waals surface area contributed by atoms with Crippen molar-refractivity contribution in [2.45, 2.75) is 25.7 Å². The van der Waals surface area contributed by atoms with Crippen LogP contribution in [0.2, 0.25) is 0 Å². The molecular formula is C19H22N2O2. The van der Waals surface area contributed by atoms with Crippen LogP contribution in [0.25, 0.3) is 0 Å². The lowest BCUT2D eigenvalue weighted by Gasteiger charge is -2.11. The normalized spacial score (nSPS) is 10.3. The molecule has 23 heavy (non-hydrogen) atoms. The van der Waals surface area contributed by atoms with Gasteiger partial charge >= 0.3 is 0 Å². The summed E-state index contributed by atoms with van der Waals surface area (Å²) < 4.78 is 0. The Labute approximate surface area is 136 Å². The second kappa shape index (κ2) is 8.86. The Kier molecular flexibility index (Phi) is 6.51. The molecule has 0 aliphatic carbocycles. The molecule has 0 heterocycles. The van der Waals surface area contributed by atoms with E-state index in [-0.39, 0.29) is 11.7 Å². The van der Waals surface area contributed by atoms with Gasteiger partial charge in [0.1, 0.15) is 5.78 Å². The van der Waals surface area contributed by atoms with E-state index in [1.54, 1.807) is 0 Å². The van der Waals surface area contributed by atoms with Crippen LogP contribution in [0.4, 0.5) is 5.69 Å². The Morgan fingerprint density at radius 3 is 2.35 bits per heavy atom. The molecule has 0 atom stereocenters. The first-order valence-corrected chi connectivity index (χ1v) is 7.82. The Bertz CT molecular complexity index is 653. The number of Topliss-reactive ketones (excluding diaryl/α,β-unsaturated/α-hetero) is 1. The molecule has 0 radical (unpaired) electrons. The first kappa shape index (κ1) is 16.9. The number of benzene rings is 2. The monoisotopic (exact) mass is 310 g/mol. The average Bonchev–Trinajstić information content (AvgIpc) is 2.55. The van der Waals surface area contributed by atoms with Gasteiger partial charge in [-0.1, -0.05) is 48.5 Å². The number of nitrogens with one attached hydrogen (secondary N) is 1. The molecule has 2 aromatic rings. The van der Waals surface area contributed by atoms with Crippen molar-refractivity contribution in [1.29, 1.82) is 0 Å². The molecule has 4 heteroatoms. The smallest absolute Gasteiger partial charge is 0.228 e. The van der Waals surface area contributed by atoms with Gasteiger partial charge in [0.05, 0.1) is 6.42 Å². The van der Waals surface area contributed by atoms with E-state index in [9.17, 15) is 9.59 Å². The third kappa shape index (κ3) is 5.68. The van der Waals surface area contributed by atoms with Crippen LogP contribution in [0.5, 0.6) is 0 Å². The molecular weight excluding hydrogens is 288 g/mol. The second-order valence-corrected chi connectivity index (χ2v) is 5.48. The summed E-state index contributed by atoms with van der Waals surface area (Å²) in [5.74, 6) is 0.0539. The minimum Gasteiger partial charge on any atom is -0.330 e. The summed E-state index contributed by atoms with van der Waals surface area (Å²) in [5.41, 5.74) is 7.94. The van der Waals surface area contributed by atoms with E-state index in [0.717, 1.165) is 11.1 Å². The van der Waals surface area contributed by atoms with Crippen molar-refractivity contribution in [3.05, 3.63) is 65.7 Å². The van der Waals surface area contributed by atoms with E-state index in [4.69, 9.17) is 5.73 Å². The molecule has 120 valence electrons.